The van der Waals surface area contributed by atoms with Crippen LogP contribution in [0.1, 0.15) is 0 Å². The lowest BCUT2D eigenvalue weighted by Crippen LogP contribution is -2.60. The minimum absolute atomic E-state index is 0.117. The van der Waals surface area contributed by atoms with Crippen molar-refractivity contribution in [3.05, 3.63) is 83.6 Å². The van der Waals surface area contributed by atoms with Gasteiger partial charge in [0.05, 0.1) is 0 Å². The zero-order chi connectivity index (χ0) is 18.4. The summed E-state index contributed by atoms with van der Waals surface area (Å²) in [5, 5.41) is 2.32. The number of pyridine rings is 1. The molecule has 0 radical (unpaired) electrons. The summed E-state index contributed by atoms with van der Waals surface area (Å²) < 4.78 is 8.31. The maximum absolute atomic E-state index is 6.12. The fourth-order valence-electron chi connectivity index (χ4n) is 3.87. The maximum atomic E-state index is 6.12. The Labute approximate surface area is 158 Å². The number of fused-ring (bicyclic) bond motifs is 3. The number of aryl methyl sites for hydroxylation is 1. The Morgan fingerprint density at radius 1 is 0.926 bits per heavy atom. The fourth-order valence-corrected chi connectivity index (χ4v) is 3.87. The van der Waals surface area contributed by atoms with Gasteiger partial charge in [-0.2, -0.15) is 0 Å². The zero-order valence-electron chi connectivity index (χ0n) is 15.5. The van der Waals surface area contributed by atoms with Crippen LogP contribution >= 0.6 is 0 Å². The molecule has 0 saturated heterocycles. The molecule has 0 bridgehead atoms. The SMILES string of the molecule is CN1C=c2c(oc3ccccc23)=CB1c1cc(-c2ccccc2)cc[n+]1C. The van der Waals surface area contributed by atoms with Crippen LogP contribution in [-0.4, -0.2) is 18.7 Å². The van der Waals surface area contributed by atoms with E-state index in [1.165, 1.54) is 16.7 Å². The van der Waals surface area contributed by atoms with Crippen LogP contribution in [0.5, 0.6) is 0 Å². The molecule has 3 heterocycles. The number of benzene rings is 2. The van der Waals surface area contributed by atoms with Crippen LogP contribution < -0.4 is 20.8 Å². The molecule has 0 unspecified atom stereocenters. The number of furan rings is 1. The molecule has 2 aromatic carbocycles. The highest BCUT2D eigenvalue weighted by Gasteiger charge is 2.30. The molecule has 130 valence electrons. The van der Waals surface area contributed by atoms with E-state index in [0.717, 1.165) is 21.6 Å². The average molecular weight is 351 g/mol. The van der Waals surface area contributed by atoms with Gasteiger partial charge in [0.25, 0.3) is 0 Å². The number of rotatable bonds is 2. The molecule has 0 amide bonds. The topological polar surface area (TPSA) is 20.3 Å². The highest BCUT2D eigenvalue weighted by molar-refractivity contribution is 6.82. The van der Waals surface area contributed by atoms with Crippen molar-refractivity contribution in [1.29, 1.82) is 0 Å². The standard InChI is InChI=1S/C23H20BN2O/c1-25-13-12-18(17-8-4-3-5-9-17)14-23(25)24-15-22-20(16-26(24)2)19-10-6-7-11-21(19)27-22/h3-16H,1-2H3/q+1. The van der Waals surface area contributed by atoms with E-state index in [-0.39, 0.29) is 6.85 Å². The van der Waals surface area contributed by atoms with Crippen LogP contribution in [0.4, 0.5) is 0 Å². The highest BCUT2D eigenvalue weighted by atomic mass is 16.3. The van der Waals surface area contributed by atoms with Gasteiger partial charge < -0.3 is 9.23 Å². The first-order chi connectivity index (χ1) is 13.2. The van der Waals surface area contributed by atoms with Crippen molar-refractivity contribution >= 4 is 35.6 Å². The van der Waals surface area contributed by atoms with Gasteiger partial charge in [-0.05, 0) is 36.4 Å². The van der Waals surface area contributed by atoms with Crippen LogP contribution in [-0.2, 0) is 7.05 Å². The Hall–Kier alpha value is -3.27. The van der Waals surface area contributed by atoms with Crippen LogP contribution in [0.25, 0.3) is 34.3 Å². The van der Waals surface area contributed by atoms with Gasteiger partial charge in [0.1, 0.15) is 18.0 Å². The molecule has 2 aromatic heterocycles. The Kier molecular flexibility index (Phi) is 3.64. The molecule has 0 spiro atoms. The van der Waals surface area contributed by atoms with E-state index in [1.807, 2.05) is 18.2 Å². The van der Waals surface area contributed by atoms with Crippen molar-refractivity contribution in [2.24, 2.45) is 7.05 Å². The van der Waals surface area contributed by atoms with Gasteiger partial charge in [0, 0.05) is 22.7 Å². The first-order valence-corrected chi connectivity index (χ1v) is 9.19. The first kappa shape index (κ1) is 15.9. The van der Waals surface area contributed by atoms with E-state index in [4.69, 9.17) is 4.42 Å². The summed E-state index contributed by atoms with van der Waals surface area (Å²) in [6.07, 6.45) is 4.33. The molecule has 27 heavy (non-hydrogen) atoms. The van der Waals surface area contributed by atoms with Crippen LogP contribution in [0.3, 0.4) is 0 Å². The molecule has 0 atom stereocenters. The Bertz CT molecular complexity index is 1260. The molecule has 0 fully saturated rings. The Morgan fingerprint density at radius 2 is 1.70 bits per heavy atom. The van der Waals surface area contributed by atoms with Crippen molar-refractivity contribution in [3.63, 3.8) is 0 Å². The van der Waals surface area contributed by atoms with Crippen molar-refractivity contribution in [2.75, 3.05) is 7.05 Å². The third-order valence-electron chi connectivity index (χ3n) is 5.34. The summed E-state index contributed by atoms with van der Waals surface area (Å²) in [6, 6.07) is 23.2. The second-order valence-electron chi connectivity index (χ2n) is 7.10. The molecular formula is C23H20BN2O+. The van der Waals surface area contributed by atoms with E-state index in [9.17, 15) is 0 Å². The summed E-state index contributed by atoms with van der Waals surface area (Å²) in [6.45, 7) is 0.117. The molecule has 1 aliphatic rings. The fraction of sp³-hybridized carbons (Fsp3) is 0.0870. The molecule has 0 aliphatic carbocycles. The summed E-state index contributed by atoms with van der Waals surface area (Å²) in [4.78, 5) is 2.26. The minimum Gasteiger partial charge on any atom is -0.457 e. The van der Waals surface area contributed by atoms with E-state index in [1.54, 1.807) is 0 Å². The number of nitrogens with zero attached hydrogens (tertiary/aromatic N) is 2. The van der Waals surface area contributed by atoms with E-state index in [2.05, 4.69) is 90.4 Å². The summed E-state index contributed by atoms with van der Waals surface area (Å²) in [5.41, 5.74) is 5.56. The first-order valence-electron chi connectivity index (χ1n) is 9.19. The molecule has 5 rings (SSSR count). The predicted molar refractivity (Wildman–Crippen MR) is 111 cm³/mol. The van der Waals surface area contributed by atoms with E-state index >= 15 is 0 Å². The zero-order valence-corrected chi connectivity index (χ0v) is 15.5. The summed E-state index contributed by atoms with van der Waals surface area (Å²) in [7, 11) is 4.22. The molecule has 4 aromatic rings. The molecule has 3 nitrogen and oxygen atoms in total. The Balaban J connectivity index is 1.67. The highest BCUT2D eigenvalue weighted by Crippen LogP contribution is 2.17. The van der Waals surface area contributed by atoms with Crippen molar-refractivity contribution in [3.8, 4) is 11.1 Å². The molecule has 4 heteroatoms. The minimum atomic E-state index is 0.117. The summed E-state index contributed by atoms with van der Waals surface area (Å²) in [5.74, 6) is 2.22. The molecular weight excluding hydrogens is 331 g/mol. The van der Waals surface area contributed by atoms with Crippen molar-refractivity contribution < 1.29 is 8.98 Å². The lowest BCUT2D eigenvalue weighted by atomic mass is 9.56. The normalized spacial score (nSPS) is 13.3. The van der Waals surface area contributed by atoms with Gasteiger partial charge in [0.15, 0.2) is 11.8 Å². The smallest absolute Gasteiger partial charge is 0.399 e. The maximum Gasteiger partial charge on any atom is 0.399 e. The van der Waals surface area contributed by atoms with Gasteiger partial charge in [-0.1, -0.05) is 48.5 Å². The van der Waals surface area contributed by atoms with Gasteiger partial charge in [0.2, 0.25) is 0 Å². The van der Waals surface area contributed by atoms with Gasteiger partial charge in [-0.25, -0.2) is 4.57 Å². The van der Waals surface area contributed by atoms with Crippen LogP contribution in [0.15, 0.2) is 77.3 Å². The van der Waals surface area contributed by atoms with Gasteiger partial charge >= 0.3 is 6.85 Å². The van der Waals surface area contributed by atoms with Crippen molar-refractivity contribution in [1.82, 2.24) is 4.81 Å². The monoisotopic (exact) mass is 351 g/mol. The number of aromatic nitrogens is 1. The molecule has 1 aliphatic heterocycles. The van der Waals surface area contributed by atoms with Crippen molar-refractivity contribution in [2.45, 2.75) is 0 Å². The van der Waals surface area contributed by atoms with Crippen LogP contribution in [0.2, 0.25) is 0 Å². The number of hydrogen-bond acceptors (Lipinski definition) is 2. The largest absolute Gasteiger partial charge is 0.457 e. The second-order valence-corrected chi connectivity index (χ2v) is 7.10. The van der Waals surface area contributed by atoms with Crippen LogP contribution in [0, 0.1) is 0 Å². The number of hydrogen-bond donors (Lipinski definition) is 0. The Morgan fingerprint density at radius 3 is 2.56 bits per heavy atom. The van der Waals surface area contributed by atoms with E-state index in [0.29, 0.717) is 0 Å². The third kappa shape index (κ3) is 2.65. The molecule has 0 saturated carbocycles. The summed E-state index contributed by atoms with van der Waals surface area (Å²) >= 11 is 0. The third-order valence-corrected chi connectivity index (χ3v) is 5.34. The quantitative estimate of drug-likeness (QED) is 0.406. The molecule has 0 N–H and O–H groups in total. The predicted octanol–water partition coefficient (Wildman–Crippen LogP) is 1.83. The second kappa shape index (κ2) is 6.17. The lowest BCUT2D eigenvalue weighted by molar-refractivity contribution is -0.654. The number of para-hydroxylation sites is 1. The lowest BCUT2D eigenvalue weighted by Gasteiger charge is -2.21. The van der Waals surface area contributed by atoms with Gasteiger partial charge in [-0.15, -0.1) is 0 Å². The van der Waals surface area contributed by atoms with Gasteiger partial charge in [-0.3, -0.25) is 0 Å². The van der Waals surface area contributed by atoms with E-state index < -0.39 is 0 Å². The average Bonchev–Trinajstić information content (AvgIpc) is 3.06.